The number of aromatic nitrogens is 2. The number of nitrogens with zero attached hydrogens (tertiary/aromatic N) is 2. The van der Waals surface area contributed by atoms with Gasteiger partial charge in [-0.2, -0.15) is 5.10 Å². The molecule has 1 fully saturated rings. The normalized spacial score (nSPS) is 23.3. The van der Waals surface area contributed by atoms with Crippen LogP contribution >= 0.6 is 0 Å². The van der Waals surface area contributed by atoms with Crippen LogP contribution in [0.2, 0.25) is 0 Å². The van der Waals surface area contributed by atoms with Gasteiger partial charge in [-0.1, -0.05) is 19.8 Å². The van der Waals surface area contributed by atoms with Crippen LogP contribution in [0.3, 0.4) is 0 Å². The molecule has 1 aromatic rings. The summed E-state index contributed by atoms with van der Waals surface area (Å²) in [5, 5.41) is 11.5. The van der Waals surface area contributed by atoms with Gasteiger partial charge in [-0.15, -0.1) is 5.10 Å². The molecule has 0 bridgehead atoms. The van der Waals surface area contributed by atoms with Crippen LogP contribution in [0.4, 0.5) is 5.82 Å². The van der Waals surface area contributed by atoms with E-state index in [-0.39, 0.29) is 0 Å². The van der Waals surface area contributed by atoms with Gasteiger partial charge < -0.3 is 10.1 Å². The lowest BCUT2D eigenvalue weighted by Gasteiger charge is -2.28. The molecule has 0 amide bonds. The molecule has 106 valence electrons. The Bertz CT molecular complexity index is 408. The molecule has 1 heterocycles. The highest BCUT2D eigenvalue weighted by Gasteiger charge is 2.21. The second-order valence-electron chi connectivity index (χ2n) is 5.60. The summed E-state index contributed by atoms with van der Waals surface area (Å²) < 4.78 is 5.96. The SMILES string of the molecule is Cc1cc(NCCOC2CCCCC2C)nnc1C. The Hall–Kier alpha value is -1.16. The summed E-state index contributed by atoms with van der Waals surface area (Å²) in [6.07, 6.45) is 5.63. The van der Waals surface area contributed by atoms with Gasteiger partial charge >= 0.3 is 0 Å². The van der Waals surface area contributed by atoms with Crippen LogP contribution in [0, 0.1) is 19.8 Å². The lowest BCUT2D eigenvalue weighted by Crippen LogP contribution is -2.27. The summed E-state index contributed by atoms with van der Waals surface area (Å²) in [6, 6.07) is 2.03. The van der Waals surface area contributed by atoms with E-state index in [0.29, 0.717) is 12.0 Å². The fourth-order valence-corrected chi connectivity index (χ4v) is 2.55. The third kappa shape index (κ3) is 4.16. The van der Waals surface area contributed by atoms with E-state index in [2.05, 4.69) is 29.4 Å². The summed E-state index contributed by atoms with van der Waals surface area (Å²) in [5.74, 6) is 1.54. The average molecular weight is 263 g/mol. The summed E-state index contributed by atoms with van der Waals surface area (Å²) in [4.78, 5) is 0. The van der Waals surface area contributed by atoms with Gasteiger partial charge in [0.05, 0.1) is 18.4 Å². The van der Waals surface area contributed by atoms with Crippen LogP contribution in [-0.4, -0.2) is 29.5 Å². The van der Waals surface area contributed by atoms with Crippen LogP contribution in [0.5, 0.6) is 0 Å². The molecule has 1 aliphatic rings. The second-order valence-corrected chi connectivity index (χ2v) is 5.60. The largest absolute Gasteiger partial charge is 0.376 e. The van der Waals surface area contributed by atoms with E-state index in [4.69, 9.17) is 4.74 Å². The molecule has 1 aliphatic carbocycles. The number of ether oxygens (including phenoxy) is 1. The van der Waals surface area contributed by atoms with Gasteiger partial charge in [0.2, 0.25) is 0 Å². The Labute approximate surface area is 116 Å². The van der Waals surface area contributed by atoms with E-state index in [1.54, 1.807) is 0 Å². The number of nitrogens with one attached hydrogen (secondary N) is 1. The average Bonchev–Trinajstić information content (AvgIpc) is 2.40. The predicted molar refractivity (Wildman–Crippen MR) is 77.4 cm³/mol. The lowest BCUT2D eigenvalue weighted by molar-refractivity contribution is 0.000369. The molecule has 1 aromatic heterocycles. The molecule has 2 rings (SSSR count). The monoisotopic (exact) mass is 263 g/mol. The number of hydrogen-bond donors (Lipinski definition) is 1. The first-order valence-corrected chi connectivity index (χ1v) is 7.33. The highest BCUT2D eigenvalue weighted by atomic mass is 16.5. The Kier molecular flexibility index (Phi) is 5.14. The quantitative estimate of drug-likeness (QED) is 0.829. The van der Waals surface area contributed by atoms with Crippen LogP contribution in [-0.2, 0) is 4.74 Å². The number of aryl methyl sites for hydroxylation is 2. The minimum absolute atomic E-state index is 0.446. The summed E-state index contributed by atoms with van der Waals surface area (Å²) in [6.45, 7) is 7.85. The van der Waals surface area contributed by atoms with Crippen molar-refractivity contribution in [2.75, 3.05) is 18.5 Å². The van der Waals surface area contributed by atoms with Gasteiger partial charge in [-0.25, -0.2) is 0 Å². The molecule has 0 aromatic carbocycles. The van der Waals surface area contributed by atoms with Crippen LogP contribution in [0.25, 0.3) is 0 Å². The fourth-order valence-electron chi connectivity index (χ4n) is 2.55. The first-order chi connectivity index (χ1) is 9.16. The minimum atomic E-state index is 0.446. The van der Waals surface area contributed by atoms with E-state index in [9.17, 15) is 0 Å². The number of anilines is 1. The van der Waals surface area contributed by atoms with Crippen molar-refractivity contribution in [3.8, 4) is 0 Å². The molecule has 19 heavy (non-hydrogen) atoms. The van der Waals surface area contributed by atoms with Crippen molar-refractivity contribution >= 4 is 5.82 Å². The number of hydrogen-bond acceptors (Lipinski definition) is 4. The second kappa shape index (κ2) is 6.85. The minimum Gasteiger partial charge on any atom is -0.376 e. The molecule has 1 saturated carbocycles. The zero-order valence-electron chi connectivity index (χ0n) is 12.3. The molecule has 0 radical (unpaired) electrons. The standard InChI is InChI=1S/C15H25N3O/c1-11-6-4-5-7-14(11)19-9-8-16-15-10-12(2)13(3)17-18-15/h10-11,14H,4-9H2,1-3H3,(H,16,18). The molecule has 4 nitrogen and oxygen atoms in total. The van der Waals surface area contributed by atoms with Gasteiger partial charge in [0.25, 0.3) is 0 Å². The molecule has 0 spiro atoms. The van der Waals surface area contributed by atoms with Gasteiger partial charge in [-0.05, 0) is 44.2 Å². The van der Waals surface area contributed by atoms with Gasteiger partial charge in [-0.3, -0.25) is 0 Å². The Morgan fingerprint density at radius 2 is 2.05 bits per heavy atom. The highest BCUT2D eigenvalue weighted by Crippen LogP contribution is 2.26. The van der Waals surface area contributed by atoms with Crippen molar-refractivity contribution < 1.29 is 4.74 Å². The lowest BCUT2D eigenvalue weighted by atomic mass is 9.88. The molecular formula is C15H25N3O. The molecule has 4 heteroatoms. The molecule has 0 saturated heterocycles. The molecule has 2 atom stereocenters. The maximum atomic E-state index is 5.96. The van der Waals surface area contributed by atoms with Crippen molar-refractivity contribution in [2.45, 2.75) is 52.6 Å². The first-order valence-electron chi connectivity index (χ1n) is 7.33. The van der Waals surface area contributed by atoms with Crippen molar-refractivity contribution in [2.24, 2.45) is 5.92 Å². The van der Waals surface area contributed by atoms with E-state index in [1.807, 2.05) is 13.0 Å². The van der Waals surface area contributed by atoms with E-state index in [0.717, 1.165) is 24.7 Å². The Morgan fingerprint density at radius 3 is 2.79 bits per heavy atom. The van der Waals surface area contributed by atoms with Crippen LogP contribution in [0.15, 0.2) is 6.07 Å². The smallest absolute Gasteiger partial charge is 0.149 e. The number of rotatable bonds is 5. The van der Waals surface area contributed by atoms with E-state index < -0.39 is 0 Å². The van der Waals surface area contributed by atoms with E-state index in [1.165, 1.54) is 31.2 Å². The van der Waals surface area contributed by atoms with Gasteiger partial charge in [0.1, 0.15) is 5.82 Å². The van der Waals surface area contributed by atoms with Crippen molar-refractivity contribution in [3.63, 3.8) is 0 Å². The zero-order chi connectivity index (χ0) is 13.7. The summed E-state index contributed by atoms with van der Waals surface area (Å²) in [5.41, 5.74) is 2.15. The Morgan fingerprint density at radius 1 is 1.26 bits per heavy atom. The van der Waals surface area contributed by atoms with E-state index >= 15 is 0 Å². The molecule has 0 aliphatic heterocycles. The maximum Gasteiger partial charge on any atom is 0.149 e. The molecule has 2 unspecified atom stereocenters. The van der Waals surface area contributed by atoms with Crippen molar-refractivity contribution in [1.82, 2.24) is 10.2 Å². The molecular weight excluding hydrogens is 238 g/mol. The topological polar surface area (TPSA) is 47.0 Å². The Balaban J connectivity index is 1.70. The van der Waals surface area contributed by atoms with Crippen molar-refractivity contribution in [3.05, 3.63) is 17.3 Å². The summed E-state index contributed by atoms with van der Waals surface area (Å²) in [7, 11) is 0. The molecule has 1 N–H and O–H groups in total. The van der Waals surface area contributed by atoms with Crippen LogP contribution in [0.1, 0.15) is 43.9 Å². The maximum absolute atomic E-state index is 5.96. The third-order valence-corrected chi connectivity index (χ3v) is 4.00. The van der Waals surface area contributed by atoms with Gasteiger partial charge in [0, 0.05) is 6.54 Å². The van der Waals surface area contributed by atoms with Crippen molar-refractivity contribution in [1.29, 1.82) is 0 Å². The highest BCUT2D eigenvalue weighted by molar-refractivity contribution is 5.37. The summed E-state index contributed by atoms with van der Waals surface area (Å²) >= 11 is 0. The predicted octanol–water partition coefficient (Wildman–Crippen LogP) is 3.10. The van der Waals surface area contributed by atoms with Crippen LogP contribution < -0.4 is 5.32 Å². The first kappa shape index (κ1) is 14.3. The third-order valence-electron chi connectivity index (χ3n) is 4.00. The van der Waals surface area contributed by atoms with Gasteiger partial charge in [0.15, 0.2) is 0 Å². The zero-order valence-corrected chi connectivity index (χ0v) is 12.3. The fraction of sp³-hybridized carbons (Fsp3) is 0.733.